The fourth-order valence-corrected chi connectivity index (χ4v) is 2.04. The fourth-order valence-electron chi connectivity index (χ4n) is 1.82. The summed E-state index contributed by atoms with van der Waals surface area (Å²) in [5.74, 6) is 0.188. The van der Waals surface area contributed by atoms with Gasteiger partial charge in [-0.05, 0) is 18.6 Å². The van der Waals surface area contributed by atoms with Crippen LogP contribution in [0.2, 0.25) is 0 Å². The van der Waals surface area contributed by atoms with Crippen molar-refractivity contribution in [1.29, 1.82) is 0 Å². The van der Waals surface area contributed by atoms with Crippen molar-refractivity contribution in [2.24, 2.45) is 0 Å². The van der Waals surface area contributed by atoms with Gasteiger partial charge in [-0.15, -0.1) is 0 Å². The molecule has 0 rings (SSSR count). The molecule has 0 aromatic rings. The average Bonchev–Trinajstić information content (AvgIpc) is 2.98. The molecule has 0 heterocycles. The van der Waals surface area contributed by atoms with E-state index in [1.165, 1.54) is 51.4 Å². The highest BCUT2D eigenvalue weighted by Crippen LogP contribution is 2.11. The predicted octanol–water partition coefficient (Wildman–Crippen LogP) is -1.88. The van der Waals surface area contributed by atoms with E-state index in [0.717, 1.165) is 25.5 Å². The van der Waals surface area contributed by atoms with Crippen LogP contribution in [0.1, 0.15) is 71.1 Å². The van der Waals surface area contributed by atoms with Crippen molar-refractivity contribution in [3.8, 4) is 0 Å². The van der Waals surface area contributed by atoms with Gasteiger partial charge in [-0.3, -0.25) is 4.79 Å². The molecule has 0 saturated heterocycles. The molecule has 13 N–H and O–H groups in total. The molecular formula is C25H62O14S. The van der Waals surface area contributed by atoms with E-state index in [4.69, 9.17) is 71.2 Å². The van der Waals surface area contributed by atoms with Gasteiger partial charge in [0.05, 0.1) is 78.8 Å². The molecule has 0 radical (unpaired) electrons. The standard InChI is InChI=1S/C13H28O2S.C2H4O2.5C2H6O2/c14-12-13(15)10-8-6-4-2-1-3-5-7-9-11-16;1-2(3)4;5*3-1-2-4/h13-16H,1-12H2;1H3,(H,3,4);5*3-4H,1-2H2. The summed E-state index contributed by atoms with van der Waals surface area (Å²) in [7, 11) is 0. The first-order chi connectivity index (χ1) is 19.1. The van der Waals surface area contributed by atoms with Gasteiger partial charge in [0.2, 0.25) is 0 Å². The average molecular weight is 619 g/mol. The first-order valence-corrected chi connectivity index (χ1v) is 13.9. The fraction of sp³-hybridized carbons (Fsp3) is 0.960. The second-order valence-corrected chi connectivity index (χ2v) is 7.73. The lowest BCUT2D eigenvalue weighted by Crippen LogP contribution is -2.10. The van der Waals surface area contributed by atoms with Crippen molar-refractivity contribution in [3.05, 3.63) is 0 Å². The number of rotatable bonds is 17. The molecule has 0 bridgehead atoms. The number of hydrogen-bond acceptors (Lipinski definition) is 14. The Kier molecular flexibility index (Phi) is 98.9. The van der Waals surface area contributed by atoms with Gasteiger partial charge >= 0.3 is 0 Å². The lowest BCUT2D eigenvalue weighted by Gasteiger charge is -2.06. The summed E-state index contributed by atoms with van der Waals surface area (Å²) in [6.45, 7) is -0.259. The second kappa shape index (κ2) is 71.5. The molecule has 0 aromatic carbocycles. The molecule has 0 aliphatic heterocycles. The van der Waals surface area contributed by atoms with Gasteiger partial charge in [0, 0.05) is 6.92 Å². The Labute approximate surface area is 245 Å². The maximum atomic E-state index is 9.12. The number of hydrogen-bond donors (Lipinski definition) is 14. The second-order valence-electron chi connectivity index (χ2n) is 7.29. The highest BCUT2D eigenvalue weighted by molar-refractivity contribution is 7.80. The number of aliphatic hydroxyl groups excluding tert-OH is 12. The van der Waals surface area contributed by atoms with Crippen LogP contribution in [0.25, 0.3) is 0 Å². The maximum absolute atomic E-state index is 9.12. The van der Waals surface area contributed by atoms with E-state index in [9.17, 15) is 0 Å². The molecule has 0 saturated carbocycles. The Morgan fingerprint density at radius 3 is 0.875 bits per heavy atom. The first-order valence-electron chi connectivity index (χ1n) is 13.3. The van der Waals surface area contributed by atoms with Crippen LogP contribution in [0.5, 0.6) is 0 Å². The summed E-state index contributed by atoms with van der Waals surface area (Å²) in [6, 6.07) is 0. The van der Waals surface area contributed by atoms with Crippen LogP contribution >= 0.6 is 12.6 Å². The van der Waals surface area contributed by atoms with E-state index in [0.29, 0.717) is 0 Å². The number of carboxylic acids is 1. The number of aliphatic carboxylic acids is 1. The molecule has 40 heavy (non-hydrogen) atoms. The molecule has 0 aliphatic carbocycles. The summed E-state index contributed by atoms with van der Waals surface area (Å²) in [5.41, 5.74) is 0. The molecule has 14 nitrogen and oxygen atoms in total. The summed E-state index contributed by atoms with van der Waals surface area (Å²) in [5, 5.41) is 101. The summed E-state index contributed by atoms with van der Waals surface area (Å²) in [6.07, 6.45) is 11.7. The molecule has 15 heteroatoms. The molecule has 0 aliphatic rings. The molecule has 0 spiro atoms. The Hall–Kier alpha value is -0.660. The van der Waals surface area contributed by atoms with Gasteiger partial charge in [-0.2, -0.15) is 12.6 Å². The normalized spacial score (nSPS) is 9.55. The van der Waals surface area contributed by atoms with Crippen LogP contribution in [0, 0.1) is 0 Å². The van der Waals surface area contributed by atoms with E-state index in [-0.39, 0.29) is 72.7 Å². The molecule has 0 fully saturated rings. The third-order valence-corrected chi connectivity index (χ3v) is 3.72. The topological polar surface area (TPSA) is 280 Å². The molecule has 1 atom stereocenters. The Morgan fingerprint density at radius 2 is 0.700 bits per heavy atom. The molecule has 1 unspecified atom stereocenters. The summed E-state index contributed by atoms with van der Waals surface area (Å²) >= 11 is 4.19. The van der Waals surface area contributed by atoms with E-state index in [1.807, 2.05) is 0 Å². The maximum Gasteiger partial charge on any atom is 0.300 e. The third-order valence-electron chi connectivity index (χ3n) is 3.41. The monoisotopic (exact) mass is 618 g/mol. The van der Waals surface area contributed by atoms with Crippen molar-refractivity contribution in [3.63, 3.8) is 0 Å². The SMILES string of the molecule is CC(=O)O.OCC(O)CCCCCCCCCCCS.OCCO.OCCO.OCCO.OCCO.OCCO. The lowest BCUT2D eigenvalue weighted by atomic mass is 10.1. The Bertz CT molecular complexity index is 309. The summed E-state index contributed by atoms with van der Waals surface area (Å²) in [4.78, 5) is 9.00. The largest absolute Gasteiger partial charge is 0.481 e. The minimum atomic E-state index is -0.833. The summed E-state index contributed by atoms with van der Waals surface area (Å²) < 4.78 is 0. The number of carbonyl (C=O) groups is 1. The number of thiol groups is 1. The van der Waals surface area contributed by atoms with Crippen LogP contribution in [0.3, 0.4) is 0 Å². The van der Waals surface area contributed by atoms with Crippen molar-refractivity contribution in [1.82, 2.24) is 0 Å². The van der Waals surface area contributed by atoms with Crippen molar-refractivity contribution >= 4 is 18.6 Å². The van der Waals surface area contributed by atoms with Crippen LogP contribution in [-0.2, 0) is 4.79 Å². The lowest BCUT2D eigenvalue weighted by molar-refractivity contribution is -0.134. The van der Waals surface area contributed by atoms with Gasteiger partial charge < -0.3 is 66.4 Å². The van der Waals surface area contributed by atoms with Gasteiger partial charge in [-0.25, -0.2) is 0 Å². The van der Waals surface area contributed by atoms with Crippen molar-refractivity contribution < 1.29 is 71.2 Å². The van der Waals surface area contributed by atoms with Gasteiger partial charge in [0.1, 0.15) is 0 Å². The zero-order valence-electron chi connectivity index (χ0n) is 24.3. The van der Waals surface area contributed by atoms with E-state index >= 15 is 0 Å². The zero-order valence-corrected chi connectivity index (χ0v) is 25.2. The van der Waals surface area contributed by atoms with Crippen LogP contribution in [-0.4, -0.2) is 157 Å². The Balaban J connectivity index is -0.0000000742. The van der Waals surface area contributed by atoms with Crippen molar-refractivity contribution in [2.45, 2.75) is 77.2 Å². The van der Waals surface area contributed by atoms with Crippen LogP contribution in [0.4, 0.5) is 0 Å². The Morgan fingerprint density at radius 1 is 0.500 bits per heavy atom. The molecule has 252 valence electrons. The molecule has 0 aromatic heterocycles. The first kappa shape index (κ1) is 55.3. The van der Waals surface area contributed by atoms with Crippen LogP contribution in [0.15, 0.2) is 0 Å². The van der Waals surface area contributed by atoms with E-state index in [1.54, 1.807) is 0 Å². The minimum Gasteiger partial charge on any atom is -0.481 e. The number of unbranched alkanes of at least 4 members (excludes halogenated alkanes) is 8. The van der Waals surface area contributed by atoms with E-state index in [2.05, 4.69) is 12.6 Å². The van der Waals surface area contributed by atoms with Crippen LogP contribution < -0.4 is 0 Å². The number of carboxylic acid groups (broad SMARTS) is 1. The number of aliphatic hydroxyl groups is 12. The minimum absolute atomic E-state index is 0.0921. The van der Waals surface area contributed by atoms with Gasteiger partial charge in [-0.1, -0.05) is 51.4 Å². The van der Waals surface area contributed by atoms with Gasteiger partial charge in [0.15, 0.2) is 0 Å². The molecular weight excluding hydrogens is 556 g/mol. The highest BCUT2D eigenvalue weighted by atomic mass is 32.1. The zero-order chi connectivity index (χ0) is 32.7. The predicted molar refractivity (Wildman–Crippen MR) is 157 cm³/mol. The van der Waals surface area contributed by atoms with E-state index < -0.39 is 12.1 Å². The third kappa shape index (κ3) is 147. The van der Waals surface area contributed by atoms with Crippen molar-refractivity contribution in [2.75, 3.05) is 78.4 Å². The smallest absolute Gasteiger partial charge is 0.300 e. The van der Waals surface area contributed by atoms with Gasteiger partial charge in [0.25, 0.3) is 5.97 Å². The molecule has 0 amide bonds. The highest BCUT2D eigenvalue weighted by Gasteiger charge is 2.00. The quantitative estimate of drug-likeness (QED) is 0.0627.